The Kier molecular flexibility index (Phi) is 5.94. The van der Waals surface area contributed by atoms with Crippen LogP contribution >= 0.6 is 35.1 Å². The summed E-state index contributed by atoms with van der Waals surface area (Å²) in [6.45, 7) is 2.11. The molecule has 0 saturated carbocycles. The summed E-state index contributed by atoms with van der Waals surface area (Å²) < 4.78 is 5.80. The zero-order valence-electron chi connectivity index (χ0n) is 15.5. The van der Waals surface area contributed by atoms with Crippen molar-refractivity contribution in [2.75, 3.05) is 0 Å². The van der Waals surface area contributed by atoms with Crippen LogP contribution in [-0.2, 0) is 4.79 Å². The van der Waals surface area contributed by atoms with Crippen LogP contribution in [0.4, 0.5) is 0 Å². The van der Waals surface area contributed by atoms with Crippen molar-refractivity contribution in [3.63, 3.8) is 0 Å². The van der Waals surface area contributed by atoms with Crippen molar-refractivity contribution >= 4 is 63.2 Å². The average molecular weight is 445 g/mol. The van der Waals surface area contributed by atoms with Gasteiger partial charge in [0.1, 0.15) is 10.8 Å². The van der Waals surface area contributed by atoms with Crippen LogP contribution in [0.15, 0.2) is 66.5 Å². The number of unbranched alkanes of at least 4 members (excludes halogenated alkanes) is 1. The maximum Gasteiger partial charge on any atom is 0.283 e. The first-order chi connectivity index (χ1) is 14.0. The minimum Gasteiger partial charge on any atom is -0.450 e. The average Bonchev–Trinajstić information content (AvgIpc) is 3.32. The van der Waals surface area contributed by atoms with Gasteiger partial charge in [-0.05, 0) is 67.1 Å². The molecule has 0 radical (unpaired) electrons. The Balaban J connectivity index is 1.52. The number of nitrogens with zero attached hydrogens (tertiary/aromatic N) is 3. The number of aliphatic imine (C=N–C) groups is 1. The van der Waals surface area contributed by atoms with Crippen LogP contribution in [0.2, 0.25) is 5.02 Å². The predicted molar refractivity (Wildman–Crippen MR) is 119 cm³/mol. The second-order valence-corrected chi connectivity index (χ2v) is 8.88. The molecule has 0 bridgehead atoms. The van der Waals surface area contributed by atoms with Gasteiger partial charge >= 0.3 is 0 Å². The van der Waals surface area contributed by atoms with Crippen LogP contribution in [0.1, 0.15) is 31.9 Å². The minimum absolute atomic E-state index is 0.0160. The Morgan fingerprint density at radius 2 is 2.07 bits per heavy atom. The molecule has 0 fully saturated rings. The van der Waals surface area contributed by atoms with E-state index in [1.54, 1.807) is 12.1 Å². The van der Waals surface area contributed by atoms with Crippen LogP contribution in [-0.4, -0.2) is 27.0 Å². The summed E-state index contributed by atoms with van der Waals surface area (Å²) in [4.78, 5) is 17.5. The monoisotopic (exact) mass is 444 g/mol. The largest absolute Gasteiger partial charge is 0.450 e. The Bertz CT molecular complexity index is 1060. The second-order valence-electron chi connectivity index (χ2n) is 6.33. The molecule has 2 aliphatic rings. The molecule has 148 valence electrons. The van der Waals surface area contributed by atoms with Gasteiger partial charge < -0.3 is 4.42 Å². The lowest BCUT2D eigenvalue weighted by molar-refractivity contribution is -0.114. The number of hydrogen-bond acceptors (Lipinski definition) is 6. The van der Waals surface area contributed by atoms with Crippen LogP contribution in [0.5, 0.6) is 0 Å². The number of nitrogens with one attached hydrogen (secondary N) is 1. The quantitative estimate of drug-likeness (QED) is 0.561. The lowest BCUT2D eigenvalue weighted by Gasteiger charge is -2.19. The van der Waals surface area contributed by atoms with Gasteiger partial charge in [0.2, 0.25) is 5.17 Å². The maximum atomic E-state index is 12.5. The molecule has 4 rings (SSSR count). The summed E-state index contributed by atoms with van der Waals surface area (Å²) in [7, 11) is 0. The number of carbonyl (C=O) groups excluding carboxylic acids is 1. The van der Waals surface area contributed by atoms with Crippen LogP contribution in [0.25, 0.3) is 6.08 Å². The van der Waals surface area contributed by atoms with Crippen molar-refractivity contribution in [2.45, 2.75) is 36.2 Å². The summed E-state index contributed by atoms with van der Waals surface area (Å²) in [5.74, 6) is 0.0431. The molecule has 1 aromatic carbocycles. The van der Waals surface area contributed by atoms with Gasteiger partial charge in [0, 0.05) is 9.92 Å². The molecule has 9 heteroatoms. The molecule has 0 aliphatic carbocycles. The zero-order chi connectivity index (χ0) is 20.4. The Labute approximate surface area is 181 Å². The Morgan fingerprint density at radius 3 is 2.83 bits per heavy atom. The van der Waals surface area contributed by atoms with E-state index in [0.717, 1.165) is 29.2 Å². The van der Waals surface area contributed by atoms with E-state index in [2.05, 4.69) is 17.0 Å². The third-order valence-electron chi connectivity index (χ3n) is 4.16. The fraction of sp³-hybridized carbons (Fsp3) is 0.200. The van der Waals surface area contributed by atoms with E-state index in [9.17, 15) is 4.79 Å². The number of hydrazone groups is 1. The van der Waals surface area contributed by atoms with Gasteiger partial charge in [-0.2, -0.15) is 15.1 Å². The number of amides is 1. The van der Waals surface area contributed by atoms with E-state index in [1.165, 1.54) is 28.5 Å². The number of hydrogen-bond donors (Lipinski definition) is 1. The van der Waals surface area contributed by atoms with Crippen molar-refractivity contribution in [2.24, 2.45) is 10.1 Å². The van der Waals surface area contributed by atoms with Crippen molar-refractivity contribution < 1.29 is 9.21 Å². The number of thioether (sulfide) groups is 1. The Hall–Kier alpha value is -2.29. The maximum absolute atomic E-state index is 12.5. The number of carbonyl (C=O) groups is 1. The van der Waals surface area contributed by atoms with Crippen molar-refractivity contribution in [3.8, 4) is 0 Å². The van der Waals surface area contributed by atoms with Crippen molar-refractivity contribution in [3.05, 3.63) is 52.8 Å². The van der Waals surface area contributed by atoms with Gasteiger partial charge in [-0.25, -0.2) is 0 Å². The summed E-state index contributed by atoms with van der Waals surface area (Å²) in [5, 5.41) is 16.9. The third-order valence-corrected chi connectivity index (χ3v) is 6.31. The fourth-order valence-electron chi connectivity index (χ4n) is 2.69. The molecule has 1 aromatic heterocycles. The molecule has 2 aromatic rings. The minimum atomic E-state index is -0.455. The van der Waals surface area contributed by atoms with Gasteiger partial charge in [-0.3, -0.25) is 10.2 Å². The number of benzene rings is 1. The van der Waals surface area contributed by atoms with Crippen LogP contribution < -0.4 is 0 Å². The first kappa shape index (κ1) is 20.0. The molecule has 0 saturated heterocycles. The van der Waals surface area contributed by atoms with Gasteiger partial charge in [-0.15, -0.1) is 0 Å². The molecule has 29 heavy (non-hydrogen) atoms. The molecular weight excluding hydrogens is 428 g/mol. The van der Waals surface area contributed by atoms with E-state index < -0.39 is 5.91 Å². The Morgan fingerprint density at radius 1 is 1.28 bits per heavy atom. The van der Waals surface area contributed by atoms with Gasteiger partial charge in [0.05, 0.1) is 5.57 Å². The van der Waals surface area contributed by atoms with Gasteiger partial charge in [0.25, 0.3) is 5.91 Å². The molecular formula is C20H17ClN4O2S2. The topological polar surface area (TPSA) is 82.0 Å². The number of halogens is 1. The number of furan rings is 1. The van der Waals surface area contributed by atoms with E-state index in [4.69, 9.17) is 21.4 Å². The molecule has 3 heterocycles. The molecule has 6 nitrogen and oxygen atoms in total. The summed E-state index contributed by atoms with van der Waals surface area (Å²) in [5.41, 5.74) is 0.159. The normalized spacial score (nSPS) is 17.6. The fourth-order valence-corrected chi connectivity index (χ4v) is 4.52. The highest BCUT2D eigenvalue weighted by Gasteiger charge is 2.35. The summed E-state index contributed by atoms with van der Waals surface area (Å²) >= 11 is 8.71. The highest BCUT2D eigenvalue weighted by atomic mass is 35.5. The van der Waals surface area contributed by atoms with Crippen molar-refractivity contribution in [1.82, 2.24) is 5.01 Å². The standard InChI is InChI=1S/C20H17ClN4O2S2/c1-2-3-4-16-24-25-18(22)15(19(26)23-20(25)29-16)11-13-7-10-17(27-13)28-14-8-5-12(21)6-9-14/h5-11,22H,2-4H2,1H3/b15-11+,22-18?. The van der Waals surface area contributed by atoms with E-state index in [-0.39, 0.29) is 11.4 Å². The molecule has 1 N–H and O–H groups in total. The van der Waals surface area contributed by atoms with Crippen LogP contribution in [0.3, 0.4) is 0 Å². The molecule has 1 amide bonds. The highest BCUT2D eigenvalue weighted by molar-refractivity contribution is 8.26. The van der Waals surface area contributed by atoms with E-state index in [0.29, 0.717) is 21.0 Å². The van der Waals surface area contributed by atoms with Crippen molar-refractivity contribution in [1.29, 1.82) is 5.41 Å². The first-order valence-electron chi connectivity index (χ1n) is 9.06. The summed E-state index contributed by atoms with van der Waals surface area (Å²) in [6, 6.07) is 11.0. The van der Waals surface area contributed by atoms with Gasteiger partial charge in [-0.1, -0.05) is 36.7 Å². The molecule has 0 spiro atoms. The molecule has 0 atom stereocenters. The highest BCUT2D eigenvalue weighted by Crippen LogP contribution is 2.32. The molecule has 2 aliphatic heterocycles. The smallest absolute Gasteiger partial charge is 0.283 e. The number of amidine groups is 2. The van der Waals surface area contributed by atoms with Gasteiger partial charge in [0.15, 0.2) is 10.9 Å². The second kappa shape index (κ2) is 8.61. The van der Waals surface area contributed by atoms with E-state index in [1.807, 2.05) is 30.3 Å². The number of rotatable bonds is 6. The predicted octanol–water partition coefficient (Wildman–Crippen LogP) is 5.89. The first-order valence-corrected chi connectivity index (χ1v) is 11.1. The number of fused-ring (bicyclic) bond motifs is 1. The van der Waals surface area contributed by atoms with Crippen LogP contribution in [0, 0.1) is 5.41 Å². The lowest BCUT2D eigenvalue weighted by Crippen LogP contribution is -2.35. The SMILES string of the molecule is CCCCC1=NN2C(=N)/C(=C\c3ccc(Sc4ccc(Cl)cc4)o3)C(=O)N=C2S1. The summed E-state index contributed by atoms with van der Waals surface area (Å²) in [6.07, 6.45) is 4.43. The third kappa shape index (κ3) is 4.49. The zero-order valence-corrected chi connectivity index (χ0v) is 17.9. The lowest BCUT2D eigenvalue weighted by atomic mass is 10.1. The van der Waals surface area contributed by atoms with E-state index >= 15 is 0 Å². The molecule has 0 unspecified atom stereocenters.